The molecule has 3 aromatic rings. The van der Waals surface area contributed by atoms with Gasteiger partial charge in [-0.2, -0.15) is 0 Å². The molecule has 9 heteroatoms. The summed E-state index contributed by atoms with van der Waals surface area (Å²) in [5.74, 6) is 0.874. The lowest BCUT2D eigenvalue weighted by Gasteiger charge is -2.23. The van der Waals surface area contributed by atoms with E-state index >= 15 is 0 Å². The van der Waals surface area contributed by atoms with Crippen LogP contribution in [0, 0.1) is 0 Å². The predicted octanol–water partition coefficient (Wildman–Crippen LogP) is 4.59. The van der Waals surface area contributed by atoms with Crippen molar-refractivity contribution in [3.63, 3.8) is 0 Å². The largest absolute Gasteiger partial charge is 0.494 e. The number of benzene rings is 3. The van der Waals surface area contributed by atoms with Crippen molar-refractivity contribution in [3.05, 3.63) is 98.4 Å². The first-order chi connectivity index (χ1) is 18.0. The van der Waals surface area contributed by atoms with Crippen LogP contribution in [0.5, 0.6) is 5.75 Å². The zero-order valence-electron chi connectivity index (χ0n) is 20.3. The molecular formula is C28H29Br2N3O4. The van der Waals surface area contributed by atoms with E-state index in [0.29, 0.717) is 37.6 Å². The summed E-state index contributed by atoms with van der Waals surface area (Å²) in [7, 11) is 0. The summed E-state index contributed by atoms with van der Waals surface area (Å²) in [6, 6.07) is 23.3. The maximum absolute atomic E-state index is 13.5. The lowest BCUT2D eigenvalue weighted by molar-refractivity contribution is -0.127. The summed E-state index contributed by atoms with van der Waals surface area (Å²) in [6.07, 6.45) is 1.74. The lowest BCUT2D eigenvalue weighted by atomic mass is 9.91. The summed E-state index contributed by atoms with van der Waals surface area (Å²) in [5.41, 5.74) is 7.72. The van der Waals surface area contributed by atoms with Gasteiger partial charge in [0.15, 0.2) is 5.54 Å². The second kappa shape index (κ2) is 13.2. The highest BCUT2D eigenvalue weighted by molar-refractivity contribution is 9.10. The molecule has 4 rings (SSSR count). The molecule has 0 aromatic heterocycles. The maximum Gasteiger partial charge on any atom is 0.266 e. The molecule has 194 valence electrons. The van der Waals surface area contributed by atoms with Crippen molar-refractivity contribution < 1.29 is 19.4 Å². The van der Waals surface area contributed by atoms with Crippen molar-refractivity contribution in [2.45, 2.75) is 24.8 Å². The van der Waals surface area contributed by atoms with E-state index in [9.17, 15) is 4.79 Å². The van der Waals surface area contributed by atoms with Crippen molar-refractivity contribution >= 4 is 43.7 Å². The van der Waals surface area contributed by atoms with Crippen molar-refractivity contribution in [2.24, 2.45) is 4.99 Å². The Morgan fingerprint density at radius 1 is 0.973 bits per heavy atom. The fourth-order valence-electron chi connectivity index (χ4n) is 3.89. The molecule has 0 unspecified atom stereocenters. The first kappa shape index (κ1) is 27.3. The summed E-state index contributed by atoms with van der Waals surface area (Å²) in [6.45, 7) is 1.24. The van der Waals surface area contributed by atoms with Crippen LogP contribution in [-0.4, -0.2) is 48.8 Å². The smallest absolute Gasteiger partial charge is 0.266 e. The summed E-state index contributed by atoms with van der Waals surface area (Å²) in [5, 5.41) is 8.92. The van der Waals surface area contributed by atoms with Crippen LogP contribution in [0.4, 0.5) is 0 Å². The second-order valence-corrected chi connectivity index (χ2v) is 10.6. The quantitative estimate of drug-likeness (QED) is 0.201. The first-order valence-electron chi connectivity index (χ1n) is 12.1. The molecule has 37 heavy (non-hydrogen) atoms. The molecule has 3 aromatic carbocycles. The van der Waals surface area contributed by atoms with E-state index in [1.165, 1.54) is 5.56 Å². The molecule has 1 heterocycles. The number of hydrogen-bond acceptors (Lipinski definition) is 6. The molecule has 1 amide bonds. The monoisotopic (exact) mass is 629 g/mol. The number of carbonyl (C=O) groups excluding carboxylic acids is 1. The van der Waals surface area contributed by atoms with Crippen LogP contribution < -0.4 is 15.6 Å². The van der Waals surface area contributed by atoms with Gasteiger partial charge in [0.2, 0.25) is 5.90 Å². The molecule has 0 radical (unpaired) electrons. The van der Waals surface area contributed by atoms with E-state index in [0.717, 1.165) is 26.5 Å². The SMILES string of the molecule is O=C(NNCCc1ccc(Br)cc1)[C@]1(Cc2ccc(Br)cc2)COC(c2ccc(OCCCO)cc2)=N1. The van der Waals surface area contributed by atoms with Crippen molar-refractivity contribution in [1.82, 2.24) is 10.9 Å². The number of nitrogens with one attached hydrogen (secondary N) is 2. The fourth-order valence-corrected chi connectivity index (χ4v) is 4.42. The van der Waals surface area contributed by atoms with Crippen LogP contribution in [0.25, 0.3) is 0 Å². The standard InChI is InChI=1S/C28H29Br2N3O4/c29-23-8-2-20(3-9-23)14-15-31-33-27(35)28(18-21-4-10-24(30)11-5-21)19-37-26(32-28)22-6-12-25(13-7-22)36-17-1-16-34/h2-13,31,34H,1,14-19H2,(H,33,35)/t28-/m0/s1. The molecule has 0 bridgehead atoms. The number of ether oxygens (including phenoxy) is 2. The number of aliphatic hydroxyl groups excluding tert-OH is 1. The van der Waals surface area contributed by atoms with E-state index in [4.69, 9.17) is 19.6 Å². The third-order valence-electron chi connectivity index (χ3n) is 5.92. The molecule has 0 saturated carbocycles. The third-order valence-corrected chi connectivity index (χ3v) is 6.98. The van der Waals surface area contributed by atoms with E-state index in [1.807, 2.05) is 72.8 Å². The highest BCUT2D eigenvalue weighted by Crippen LogP contribution is 2.28. The maximum atomic E-state index is 13.5. The van der Waals surface area contributed by atoms with Crippen LogP contribution in [0.3, 0.4) is 0 Å². The van der Waals surface area contributed by atoms with Crippen LogP contribution in [0.1, 0.15) is 23.1 Å². The molecule has 0 fully saturated rings. The summed E-state index contributed by atoms with van der Waals surface area (Å²) in [4.78, 5) is 18.3. The second-order valence-electron chi connectivity index (χ2n) is 8.75. The van der Waals surface area contributed by atoms with Gasteiger partial charge in [-0.15, -0.1) is 0 Å². The lowest BCUT2D eigenvalue weighted by Crippen LogP contribution is -2.53. The number of amides is 1. The Kier molecular flexibility index (Phi) is 9.74. The van der Waals surface area contributed by atoms with Gasteiger partial charge in [0.05, 0.1) is 6.61 Å². The van der Waals surface area contributed by atoms with Crippen molar-refractivity contribution in [3.8, 4) is 5.75 Å². The molecular weight excluding hydrogens is 602 g/mol. The predicted molar refractivity (Wildman–Crippen MR) is 151 cm³/mol. The number of aliphatic hydroxyl groups is 1. The normalized spacial score (nSPS) is 16.7. The number of halogens is 2. The van der Waals surface area contributed by atoms with E-state index in [-0.39, 0.29) is 19.1 Å². The Hall–Kier alpha value is -2.72. The highest BCUT2D eigenvalue weighted by Gasteiger charge is 2.44. The van der Waals surface area contributed by atoms with Gasteiger partial charge >= 0.3 is 0 Å². The van der Waals surface area contributed by atoms with Crippen LogP contribution >= 0.6 is 31.9 Å². The highest BCUT2D eigenvalue weighted by atomic mass is 79.9. The minimum atomic E-state index is -1.11. The van der Waals surface area contributed by atoms with E-state index < -0.39 is 5.54 Å². The van der Waals surface area contributed by atoms with E-state index in [2.05, 4.69) is 42.7 Å². The van der Waals surface area contributed by atoms with Crippen LogP contribution in [-0.2, 0) is 22.4 Å². The average Bonchev–Trinajstić information content (AvgIpc) is 3.35. The topological polar surface area (TPSA) is 92.2 Å². The van der Waals surface area contributed by atoms with Gasteiger partial charge in [0.25, 0.3) is 5.91 Å². The third kappa shape index (κ3) is 7.64. The minimum absolute atomic E-state index is 0.0876. The van der Waals surface area contributed by atoms with Gasteiger partial charge in [-0.05, 0) is 66.1 Å². The Labute approximate surface area is 233 Å². The molecule has 0 spiro atoms. The van der Waals surface area contributed by atoms with Gasteiger partial charge in [0, 0.05) is 40.5 Å². The Balaban J connectivity index is 1.46. The number of aliphatic imine (C=N–C) groups is 1. The van der Waals surface area contributed by atoms with E-state index in [1.54, 1.807) is 0 Å². The number of carbonyl (C=O) groups is 1. The molecule has 3 N–H and O–H groups in total. The number of rotatable bonds is 12. The summed E-state index contributed by atoms with van der Waals surface area (Å²) >= 11 is 6.91. The first-order valence-corrected chi connectivity index (χ1v) is 13.6. The van der Waals surface area contributed by atoms with Crippen LogP contribution in [0.2, 0.25) is 0 Å². The average molecular weight is 631 g/mol. The van der Waals surface area contributed by atoms with Gasteiger partial charge in [-0.25, -0.2) is 10.4 Å². The number of hydrogen-bond donors (Lipinski definition) is 3. The number of nitrogens with zero attached hydrogens (tertiary/aromatic N) is 1. The van der Waals surface area contributed by atoms with Crippen molar-refractivity contribution in [1.29, 1.82) is 0 Å². The summed E-state index contributed by atoms with van der Waals surface area (Å²) < 4.78 is 13.6. The minimum Gasteiger partial charge on any atom is -0.494 e. The molecule has 0 saturated heterocycles. The van der Waals surface area contributed by atoms with Gasteiger partial charge < -0.3 is 14.6 Å². The number of hydrazine groups is 1. The van der Waals surface area contributed by atoms with Gasteiger partial charge in [0.1, 0.15) is 12.4 Å². The zero-order valence-corrected chi connectivity index (χ0v) is 23.4. The molecule has 1 aliphatic heterocycles. The molecule has 7 nitrogen and oxygen atoms in total. The Morgan fingerprint density at radius 2 is 1.62 bits per heavy atom. The fraction of sp³-hybridized carbons (Fsp3) is 0.286. The molecule has 1 aliphatic rings. The van der Waals surface area contributed by atoms with Gasteiger partial charge in [-0.3, -0.25) is 10.2 Å². The van der Waals surface area contributed by atoms with Crippen LogP contribution in [0.15, 0.2) is 86.7 Å². The Morgan fingerprint density at radius 3 is 2.27 bits per heavy atom. The van der Waals surface area contributed by atoms with Crippen molar-refractivity contribution in [2.75, 3.05) is 26.4 Å². The van der Waals surface area contributed by atoms with Gasteiger partial charge in [-0.1, -0.05) is 56.1 Å². The Bertz CT molecular complexity index is 1200. The molecule has 1 atom stereocenters. The zero-order chi connectivity index (χ0) is 26.1. The molecule has 0 aliphatic carbocycles.